The number of halogens is 1. The van der Waals surface area contributed by atoms with Crippen molar-refractivity contribution in [2.75, 3.05) is 24.5 Å². The van der Waals surface area contributed by atoms with E-state index in [1.165, 1.54) is 12.4 Å². The Kier molecular flexibility index (Phi) is 4.40. The first-order valence-corrected chi connectivity index (χ1v) is 9.60. The van der Waals surface area contributed by atoms with Crippen LogP contribution in [0.4, 0.5) is 10.2 Å². The van der Waals surface area contributed by atoms with Gasteiger partial charge in [-0.15, -0.1) is 0 Å². The number of aromatic nitrogens is 5. The average molecular weight is 389 g/mol. The molecule has 1 aromatic carbocycles. The molecular weight excluding hydrogens is 369 g/mol. The molecule has 1 fully saturated rings. The molecule has 0 unspecified atom stereocenters. The molecule has 7 nitrogen and oxygen atoms in total. The second kappa shape index (κ2) is 7.21. The number of hydrogen-bond donors (Lipinski definition) is 1. The fourth-order valence-electron chi connectivity index (χ4n) is 3.74. The molecule has 1 N–H and O–H groups in total. The molecule has 4 aromatic rings. The number of hydrogen-bond acceptors (Lipinski definition) is 6. The first-order valence-electron chi connectivity index (χ1n) is 9.60. The molecule has 5 rings (SSSR count). The lowest BCUT2D eigenvalue weighted by Crippen LogP contribution is -2.50. The van der Waals surface area contributed by atoms with Crippen LogP contribution < -0.4 is 10.2 Å². The monoisotopic (exact) mass is 389 g/mol. The Morgan fingerprint density at radius 3 is 2.76 bits per heavy atom. The molecule has 1 aliphatic heterocycles. The molecule has 0 spiro atoms. The van der Waals surface area contributed by atoms with Crippen molar-refractivity contribution in [1.82, 2.24) is 29.8 Å². The van der Waals surface area contributed by atoms with E-state index in [1.807, 2.05) is 12.1 Å². The normalized spacial score (nSPS) is 17.0. The van der Waals surface area contributed by atoms with Gasteiger partial charge in [-0.1, -0.05) is 12.1 Å². The molecule has 1 saturated heterocycles. The van der Waals surface area contributed by atoms with E-state index in [1.54, 1.807) is 35.0 Å². The molecule has 1 atom stereocenters. The number of nitrogens with zero attached hydrogens (tertiary/aromatic N) is 6. The number of fused-ring (bicyclic) bond motifs is 1. The molecule has 0 aliphatic carbocycles. The van der Waals surface area contributed by atoms with Crippen molar-refractivity contribution in [3.8, 4) is 17.2 Å². The summed E-state index contributed by atoms with van der Waals surface area (Å²) in [5.41, 5.74) is 1.74. The molecule has 0 amide bonds. The van der Waals surface area contributed by atoms with Gasteiger partial charge in [-0.3, -0.25) is 4.57 Å². The van der Waals surface area contributed by atoms with Gasteiger partial charge in [0.15, 0.2) is 11.5 Å². The molecule has 1 aliphatic rings. The van der Waals surface area contributed by atoms with Crippen LogP contribution in [0.3, 0.4) is 0 Å². The van der Waals surface area contributed by atoms with E-state index in [2.05, 4.69) is 27.1 Å². The number of pyridine rings is 1. The first kappa shape index (κ1) is 17.7. The van der Waals surface area contributed by atoms with Crippen LogP contribution in [0.5, 0.6) is 0 Å². The molecule has 146 valence electrons. The maximum absolute atomic E-state index is 14.6. The Morgan fingerprint density at radius 2 is 1.97 bits per heavy atom. The van der Waals surface area contributed by atoms with Crippen LogP contribution in [0.1, 0.15) is 6.92 Å². The van der Waals surface area contributed by atoms with Crippen molar-refractivity contribution in [3.63, 3.8) is 0 Å². The lowest BCUT2D eigenvalue weighted by Gasteiger charge is -2.34. The maximum atomic E-state index is 14.6. The summed E-state index contributed by atoms with van der Waals surface area (Å²) in [6.45, 7) is 4.87. The fourth-order valence-corrected chi connectivity index (χ4v) is 3.74. The zero-order valence-corrected chi connectivity index (χ0v) is 16.0. The molecule has 8 heteroatoms. The number of anilines is 1. The number of rotatable bonds is 3. The van der Waals surface area contributed by atoms with Crippen molar-refractivity contribution < 1.29 is 4.39 Å². The summed E-state index contributed by atoms with van der Waals surface area (Å²) >= 11 is 0. The van der Waals surface area contributed by atoms with Gasteiger partial charge in [0.1, 0.15) is 29.3 Å². The summed E-state index contributed by atoms with van der Waals surface area (Å²) in [5, 5.41) is 3.39. The highest BCUT2D eigenvalue weighted by molar-refractivity contribution is 5.81. The summed E-state index contributed by atoms with van der Waals surface area (Å²) in [6, 6.07) is 12.6. The number of imidazole rings is 1. The third-order valence-corrected chi connectivity index (χ3v) is 5.20. The van der Waals surface area contributed by atoms with E-state index in [9.17, 15) is 4.39 Å². The van der Waals surface area contributed by atoms with Crippen LogP contribution in [0.2, 0.25) is 0 Å². The predicted molar refractivity (Wildman–Crippen MR) is 110 cm³/mol. The standard InChI is InChI=1S/C21H20FN7/c1-14-12-23-10-11-28(14)19-7-6-17-21(27-19)29(18-8-9-24-13-25-18)20(26-17)15-4-2-3-5-16(15)22/h2-9,13-14,23H,10-12H2,1H3/t14-/m1/s1. The second-order valence-corrected chi connectivity index (χ2v) is 7.08. The summed E-state index contributed by atoms with van der Waals surface area (Å²) in [7, 11) is 0. The van der Waals surface area contributed by atoms with Gasteiger partial charge in [-0.25, -0.2) is 24.3 Å². The maximum Gasteiger partial charge on any atom is 0.168 e. The Hall–Kier alpha value is -3.39. The van der Waals surface area contributed by atoms with Crippen molar-refractivity contribution in [3.05, 3.63) is 60.8 Å². The van der Waals surface area contributed by atoms with Crippen molar-refractivity contribution in [1.29, 1.82) is 0 Å². The quantitative estimate of drug-likeness (QED) is 0.581. The third kappa shape index (κ3) is 3.11. The van der Waals surface area contributed by atoms with E-state index in [-0.39, 0.29) is 5.82 Å². The Balaban J connectivity index is 1.74. The van der Waals surface area contributed by atoms with E-state index >= 15 is 0 Å². The van der Waals surface area contributed by atoms with Crippen LogP contribution >= 0.6 is 0 Å². The van der Waals surface area contributed by atoms with Gasteiger partial charge in [-0.05, 0) is 37.3 Å². The highest BCUT2D eigenvalue weighted by Crippen LogP contribution is 2.30. The zero-order chi connectivity index (χ0) is 19.8. The topological polar surface area (TPSA) is 71.8 Å². The molecule has 0 radical (unpaired) electrons. The van der Waals surface area contributed by atoms with Crippen LogP contribution in [0.15, 0.2) is 55.0 Å². The predicted octanol–water partition coefficient (Wildman–Crippen LogP) is 2.81. The van der Waals surface area contributed by atoms with E-state index in [4.69, 9.17) is 9.97 Å². The average Bonchev–Trinajstić information content (AvgIpc) is 3.13. The van der Waals surface area contributed by atoms with Crippen molar-refractivity contribution in [2.45, 2.75) is 13.0 Å². The molecule has 0 saturated carbocycles. The summed E-state index contributed by atoms with van der Waals surface area (Å²) in [5.74, 6) is 1.60. The van der Waals surface area contributed by atoms with Gasteiger partial charge >= 0.3 is 0 Å². The third-order valence-electron chi connectivity index (χ3n) is 5.20. The lowest BCUT2D eigenvalue weighted by molar-refractivity contribution is 0.497. The van der Waals surface area contributed by atoms with E-state index in [0.29, 0.717) is 34.4 Å². The van der Waals surface area contributed by atoms with Crippen LogP contribution in [-0.2, 0) is 0 Å². The number of piperazine rings is 1. The van der Waals surface area contributed by atoms with E-state index < -0.39 is 0 Å². The number of nitrogens with one attached hydrogen (secondary N) is 1. The lowest BCUT2D eigenvalue weighted by atomic mass is 10.2. The highest BCUT2D eigenvalue weighted by Gasteiger charge is 2.23. The highest BCUT2D eigenvalue weighted by atomic mass is 19.1. The smallest absolute Gasteiger partial charge is 0.168 e. The summed E-state index contributed by atoms with van der Waals surface area (Å²) in [6.07, 6.45) is 3.12. The summed E-state index contributed by atoms with van der Waals surface area (Å²) < 4.78 is 16.4. The Morgan fingerprint density at radius 1 is 1.07 bits per heavy atom. The first-order chi connectivity index (χ1) is 14.2. The molecule has 4 heterocycles. The Bertz CT molecular complexity index is 1160. The van der Waals surface area contributed by atoms with Gasteiger partial charge in [0, 0.05) is 31.9 Å². The van der Waals surface area contributed by atoms with Crippen LogP contribution in [0.25, 0.3) is 28.4 Å². The second-order valence-electron chi connectivity index (χ2n) is 7.08. The van der Waals surface area contributed by atoms with Gasteiger partial charge < -0.3 is 10.2 Å². The van der Waals surface area contributed by atoms with E-state index in [0.717, 1.165) is 25.5 Å². The minimum Gasteiger partial charge on any atom is -0.351 e. The molecule has 3 aromatic heterocycles. The molecular formula is C21H20FN7. The van der Waals surface area contributed by atoms with Crippen molar-refractivity contribution in [2.24, 2.45) is 0 Å². The SMILES string of the molecule is C[C@@H]1CNCCN1c1ccc2nc(-c3ccccc3F)n(-c3ccncn3)c2n1. The van der Waals surface area contributed by atoms with Gasteiger partial charge in [0.05, 0.1) is 5.56 Å². The Labute approximate surface area is 167 Å². The fraction of sp³-hybridized carbons (Fsp3) is 0.238. The zero-order valence-electron chi connectivity index (χ0n) is 16.0. The minimum atomic E-state index is -0.339. The molecule has 0 bridgehead atoms. The largest absolute Gasteiger partial charge is 0.351 e. The van der Waals surface area contributed by atoms with Gasteiger partial charge in [0.2, 0.25) is 0 Å². The summed E-state index contributed by atoms with van der Waals surface area (Å²) in [4.78, 5) is 20.3. The molecule has 29 heavy (non-hydrogen) atoms. The van der Waals surface area contributed by atoms with Gasteiger partial charge in [-0.2, -0.15) is 0 Å². The minimum absolute atomic E-state index is 0.329. The van der Waals surface area contributed by atoms with Gasteiger partial charge in [0.25, 0.3) is 0 Å². The van der Waals surface area contributed by atoms with Crippen LogP contribution in [-0.4, -0.2) is 50.2 Å². The van der Waals surface area contributed by atoms with Crippen molar-refractivity contribution >= 4 is 17.0 Å². The van der Waals surface area contributed by atoms with Crippen LogP contribution in [0, 0.1) is 5.82 Å². The number of benzene rings is 1.